The molecule has 2 saturated heterocycles. The van der Waals surface area contributed by atoms with Gasteiger partial charge in [0.2, 0.25) is 0 Å². The van der Waals surface area contributed by atoms with Crippen LogP contribution in [0.2, 0.25) is 0 Å². The van der Waals surface area contributed by atoms with Gasteiger partial charge in [-0.05, 0) is 41.7 Å². The minimum absolute atomic E-state index is 0.0732. The van der Waals surface area contributed by atoms with Crippen LogP contribution in [-0.4, -0.2) is 72.4 Å². The van der Waals surface area contributed by atoms with Crippen LogP contribution < -0.4 is 10.2 Å². The average Bonchev–Trinajstić information content (AvgIpc) is 3.34. The summed E-state index contributed by atoms with van der Waals surface area (Å²) in [5.41, 5.74) is 4.52. The van der Waals surface area contributed by atoms with E-state index in [0.717, 1.165) is 41.1 Å². The molecule has 0 bridgehead atoms. The number of ether oxygens (including phenoxy) is 2. The summed E-state index contributed by atoms with van der Waals surface area (Å²) >= 11 is 0. The van der Waals surface area contributed by atoms with Crippen LogP contribution in [0.25, 0.3) is 16.8 Å². The number of anilines is 2. The summed E-state index contributed by atoms with van der Waals surface area (Å²) in [7, 11) is 0. The molecule has 1 aromatic carbocycles. The third-order valence-corrected chi connectivity index (χ3v) is 7.01. The zero-order chi connectivity index (χ0) is 25.4. The van der Waals surface area contributed by atoms with Crippen molar-refractivity contribution in [2.45, 2.75) is 33.8 Å². The zero-order valence-corrected chi connectivity index (χ0v) is 21.4. The molecule has 0 spiro atoms. The number of carbonyl (C=O) groups is 1. The molecule has 1 N–H and O–H groups in total. The highest BCUT2D eigenvalue weighted by Gasteiger charge is 2.32. The predicted octanol–water partition coefficient (Wildman–Crippen LogP) is 4.56. The Labute approximate surface area is 211 Å². The lowest BCUT2D eigenvalue weighted by Gasteiger charge is -2.39. The van der Waals surface area contributed by atoms with Gasteiger partial charge in [-0.2, -0.15) is 0 Å². The lowest BCUT2D eigenvalue weighted by Crippen LogP contribution is -2.51. The van der Waals surface area contributed by atoms with Gasteiger partial charge in [0.05, 0.1) is 37.3 Å². The summed E-state index contributed by atoms with van der Waals surface area (Å²) in [6.45, 7) is 12.5. The Balaban J connectivity index is 1.45. The quantitative estimate of drug-likeness (QED) is 0.577. The van der Waals surface area contributed by atoms with Crippen LogP contribution in [0.4, 0.5) is 20.6 Å². The van der Waals surface area contributed by atoms with E-state index in [2.05, 4.69) is 42.0 Å². The van der Waals surface area contributed by atoms with Crippen LogP contribution in [0.3, 0.4) is 0 Å². The Bertz CT molecular complexity index is 1260. The number of pyridine rings is 1. The molecule has 1 unspecified atom stereocenters. The zero-order valence-electron chi connectivity index (χ0n) is 21.4. The molecule has 2 aromatic heterocycles. The molecule has 0 aliphatic carbocycles. The molecule has 3 aromatic rings. The summed E-state index contributed by atoms with van der Waals surface area (Å²) in [5.74, 6) is -0.456. The van der Waals surface area contributed by atoms with Gasteiger partial charge in [0.1, 0.15) is 5.82 Å². The number of hydrogen-bond acceptors (Lipinski definition) is 5. The Hall–Kier alpha value is -3.17. The van der Waals surface area contributed by atoms with E-state index in [1.54, 1.807) is 17.2 Å². The minimum Gasteiger partial charge on any atom is -0.378 e. The van der Waals surface area contributed by atoms with E-state index in [9.17, 15) is 4.79 Å². The number of rotatable bonds is 3. The number of carbonyl (C=O) groups excluding carboxylic acids is 1. The third-order valence-electron chi connectivity index (χ3n) is 7.01. The highest BCUT2D eigenvalue weighted by molar-refractivity contribution is 5.91. The number of amides is 2. The van der Waals surface area contributed by atoms with Crippen LogP contribution in [0.15, 0.2) is 36.8 Å². The van der Waals surface area contributed by atoms with E-state index in [1.807, 2.05) is 23.7 Å². The van der Waals surface area contributed by atoms with Gasteiger partial charge in [-0.1, -0.05) is 20.8 Å². The molecule has 2 fully saturated rings. The molecule has 0 saturated carbocycles. The van der Waals surface area contributed by atoms with E-state index in [4.69, 9.17) is 9.47 Å². The molecule has 8 nitrogen and oxygen atoms in total. The smallest absolute Gasteiger partial charge is 0.322 e. The van der Waals surface area contributed by atoms with Crippen LogP contribution in [0.1, 0.15) is 26.3 Å². The molecule has 36 heavy (non-hydrogen) atoms. The Morgan fingerprint density at radius 2 is 1.92 bits per heavy atom. The normalized spacial score (nSPS) is 19.1. The molecule has 5 rings (SSSR count). The number of nitrogens with one attached hydrogen (secondary N) is 1. The molecule has 4 heterocycles. The maximum atomic E-state index is 15.0. The summed E-state index contributed by atoms with van der Waals surface area (Å²) < 4.78 is 28.4. The number of benzene rings is 1. The summed E-state index contributed by atoms with van der Waals surface area (Å²) in [4.78, 5) is 21.6. The highest BCUT2D eigenvalue weighted by Crippen LogP contribution is 2.34. The Kier molecular flexibility index (Phi) is 6.61. The first-order chi connectivity index (χ1) is 17.2. The number of morpholine rings is 2. The molecular formula is C27H34FN5O3. The second-order valence-electron chi connectivity index (χ2n) is 10.6. The molecule has 9 heteroatoms. The van der Waals surface area contributed by atoms with Gasteiger partial charge >= 0.3 is 6.03 Å². The van der Waals surface area contributed by atoms with Gasteiger partial charge in [-0.15, -0.1) is 0 Å². The van der Waals surface area contributed by atoms with E-state index in [1.165, 1.54) is 6.07 Å². The lowest BCUT2D eigenvalue weighted by atomic mass is 9.88. The van der Waals surface area contributed by atoms with Crippen LogP contribution in [-0.2, 0) is 9.47 Å². The third kappa shape index (κ3) is 4.90. The topological polar surface area (TPSA) is 71.3 Å². The number of urea groups is 1. The second-order valence-corrected chi connectivity index (χ2v) is 10.6. The summed E-state index contributed by atoms with van der Waals surface area (Å²) in [6.07, 6.45) is 5.61. The number of fused-ring (bicyclic) bond motifs is 1. The van der Waals surface area contributed by atoms with E-state index < -0.39 is 5.82 Å². The maximum absolute atomic E-state index is 15.0. The molecular weight excluding hydrogens is 461 g/mol. The molecule has 192 valence electrons. The van der Waals surface area contributed by atoms with Gasteiger partial charge in [0, 0.05) is 50.3 Å². The average molecular weight is 496 g/mol. The van der Waals surface area contributed by atoms with Crippen molar-refractivity contribution in [2.24, 2.45) is 5.41 Å². The molecule has 2 aliphatic rings. The predicted molar refractivity (Wildman–Crippen MR) is 138 cm³/mol. The fraction of sp³-hybridized carbons (Fsp3) is 0.481. The highest BCUT2D eigenvalue weighted by atomic mass is 19.1. The first-order valence-electron chi connectivity index (χ1n) is 12.5. The van der Waals surface area contributed by atoms with Gasteiger partial charge in [-0.3, -0.25) is 0 Å². The van der Waals surface area contributed by atoms with Crippen molar-refractivity contribution in [2.75, 3.05) is 56.2 Å². The Morgan fingerprint density at radius 1 is 1.14 bits per heavy atom. The van der Waals surface area contributed by atoms with Crippen LogP contribution in [0, 0.1) is 18.2 Å². The van der Waals surface area contributed by atoms with E-state index in [-0.39, 0.29) is 23.2 Å². The Morgan fingerprint density at radius 3 is 2.67 bits per heavy atom. The molecule has 1 atom stereocenters. The van der Waals surface area contributed by atoms with Crippen molar-refractivity contribution >= 4 is 23.1 Å². The molecule has 0 radical (unpaired) electrons. The standard InChI is InChI=1S/C27H34FN5O3/c1-18-13-21(28)22(30-26(34)33-9-12-36-24(17-33)27(2,3)4)15-20(18)19-14-23(31-7-10-35-11-8-31)25-29-5-6-32(25)16-19/h5-6,13-16,24H,7-12,17H2,1-4H3,(H,30,34). The largest absolute Gasteiger partial charge is 0.378 e. The van der Waals surface area contributed by atoms with Crippen molar-refractivity contribution in [3.63, 3.8) is 0 Å². The van der Waals surface area contributed by atoms with Gasteiger partial charge in [0.25, 0.3) is 0 Å². The first-order valence-corrected chi connectivity index (χ1v) is 12.5. The number of hydrogen-bond donors (Lipinski definition) is 1. The number of imidazole rings is 1. The fourth-order valence-electron chi connectivity index (χ4n) is 4.83. The maximum Gasteiger partial charge on any atom is 0.322 e. The van der Waals surface area contributed by atoms with Crippen LogP contribution >= 0.6 is 0 Å². The van der Waals surface area contributed by atoms with E-state index in [0.29, 0.717) is 32.9 Å². The van der Waals surface area contributed by atoms with Crippen molar-refractivity contribution in [3.8, 4) is 11.1 Å². The minimum atomic E-state index is -0.456. The summed E-state index contributed by atoms with van der Waals surface area (Å²) in [6, 6.07) is 4.98. The second kappa shape index (κ2) is 9.71. The number of halogens is 1. The van der Waals surface area contributed by atoms with Crippen molar-refractivity contribution in [1.29, 1.82) is 0 Å². The monoisotopic (exact) mass is 495 g/mol. The van der Waals surface area contributed by atoms with Crippen LogP contribution in [0.5, 0.6) is 0 Å². The number of aromatic nitrogens is 2. The SMILES string of the molecule is Cc1cc(F)c(NC(=O)N2CCOC(C(C)(C)C)C2)cc1-c1cc(N2CCOCC2)c2nccn2c1. The number of nitrogens with zero attached hydrogens (tertiary/aromatic N) is 4. The lowest BCUT2D eigenvalue weighted by molar-refractivity contribution is -0.0664. The van der Waals surface area contributed by atoms with Crippen molar-refractivity contribution < 1.29 is 18.7 Å². The van der Waals surface area contributed by atoms with Gasteiger partial charge in [-0.25, -0.2) is 14.2 Å². The summed E-state index contributed by atoms with van der Waals surface area (Å²) in [5, 5.41) is 2.81. The van der Waals surface area contributed by atoms with E-state index >= 15 is 4.39 Å². The van der Waals surface area contributed by atoms with Gasteiger partial charge < -0.3 is 29.0 Å². The molecule has 2 aliphatic heterocycles. The first kappa shape index (κ1) is 24.5. The fourth-order valence-corrected chi connectivity index (χ4v) is 4.83. The van der Waals surface area contributed by atoms with Crippen molar-refractivity contribution in [1.82, 2.24) is 14.3 Å². The van der Waals surface area contributed by atoms with Gasteiger partial charge in [0.15, 0.2) is 5.65 Å². The number of aryl methyl sites for hydroxylation is 1. The molecule has 2 amide bonds. The van der Waals surface area contributed by atoms with Crippen molar-refractivity contribution in [3.05, 3.63) is 48.2 Å².